The van der Waals surface area contributed by atoms with E-state index >= 15 is 0 Å². The monoisotopic (exact) mass is 349 g/mol. The molecule has 3 aliphatic rings. The normalized spacial score (nSPS) is 30.8. The molecule has 3 aliphatic heterocycles. The van der Waals surface area contributed by atoms with E-state index in [-0.39, 0.29) is 6.04 Å². The van der Waals surface area contributed by atoms with Crippen molar-refractivity contribution >= 4 is 5.91 Å². The molecule has 1 amide bonds. The van der Waals surface area contributed by atoms with Crippen molar-refractivity contribution in [1.82, 2.24) is 14.7 Å². The van der Waals surface area contributed by atoms with Crippen molar-refractivity contribution in [2.75, 3.05) is 39.3 Å². The second-order valence-corrected chi connectivity index (χ2v) is 9.12. The fraction of sp³-hybridized carbons (Fsp3) is 0.952. The Hall–Kier alpha value is -0.610. The summed E-state index contributed by atoms with van der Waals surface area (Å²) in [6.45, 7) is 13.6. The van der Waals surface area contributed by atoms with Gasteiger partial charge in [0, 0.05) is 25.7 Å². The van der Waals surface area contributed by atoms with Gasteiger partial charge in [-0.1, -0.05) is 13.3 Å². The molecule has 3 fully saturated rings. The largest absolute Gasteiger partial charge is 0.341 e. The SMILES string of the molecule is CC1CCN(CC2CCCN(C(=O)C3CCCCN3C(C)C)C2)CC1. The Morgan fingerprint density at radius 2 is 1.72 bits per heavy atom. The smallest absolute Gasteiger partial charge is 0.239 e. The third-order valence-electron chi connectivity index (χ3n) is 6.72. The highest BCUT2D eigenvalue weighted by molar-refractivity contribution is 5.82. The van der Waals surface area contributed by atoms with E-state index in [1.54, 1.807) is 0 Å². The van der Waals surface area contributed by atoms with Crippen LogP contribution in [-0.2, 0) is 4.79 Å². The van der Waals surface area contributed by atoms with Crippen LogP contribution in [0.4, 0.5) is 0 Å². The van der Waals surface area contributed by atoms with Gasteiger partial charge in [0.1, 0.15) is 0 Å². The molecule has 3 saturated heterocycles. The molecule has 0 aromatic rings. The van der Waals surface area contributed by atoms with Gasteiger partial charge in [-0.2, -0.15) is 0 Å². The summed E-state index contributed by atoms with van der Waals surface area (Å²) in [5, 5.41) is 0. The zero-order valence-electron chi connectivity index (χ0n) is 16.8. The second-order valence-electron chi connectivity index (χ2n) is 9.12. The molecule has 2 unspecified atom stereocenters. The molecular formula is C21H39N3O. The third-order valence-corrected chi connectivity index (χ3v) is 6.72. The Bertz CT molecular complexity index is 431. The quantitative estimate of drug-likeness (QED) is 0.780. The lowest BCUT2D eigenvalue weighted by Gasteiger charge is -2.43. The van der Waals surface area contributed by atoms with E-state index in [0.717, 1.165) is 32.0 Å². The van der Waals surface area contributed by atoms with E-state index in [4.69, 9.17) is 0 Å². The second kappa shape index (κ2) is 8.85. The molecule has 3 rings (SSSR count). The Morgan fingerprint density at radius 1 is 0.960 bits per heavy atom. The fourth-order valence-corrected chi connectivity index (χ4v) is 5.07. The number of hydrogen-bond acceptors (Lipinski definition) is 3. The molecule has 144 valence electrons. The van der Waals surface area contributed by atoms with Gasteiger partial charge in [0.2, 0.25) is 5.91 Å². The fourth-order valence-electron chi connectivity index (χ4n) is 5.07. The van der Waals surface area contributed by atoms with Gasteiger partial charge in [0.25, 0.3) is 0 Å². The van der Waals surface area contributed by atoms with Gasteiger partial charge < -0.3 is 9.80 Å². The van der Waals surface area contributed by atoms with Crippen LogP contribution in [0.1, 0.15) is 65.7 Å². The number of amides is 1. The number of carbonyl (C=O) groups is 1. The molecule has 0 spiro atoms. The first-order valence-electron chi connectivity index (χ1n) is 10.8. The number of rotatable bonds is 4. The van der Waals surface area contributed by atoms with Gasteiger partial charge in [-0.05, 0) is 83.8 Å². The zero-order chi connectivity index (χ0) is 17.8. The first-order chi connectivity index (χ1) is 12.0. The van der Waals surface area contributed by atoms with E-state index < -0.39 is 0 Å². The number of carbonyl (C=O) groups excluding carboxylic acids is 1. The first-order valence-corrected chi connectivity index (χ1v) is 10.8. The Labute approximate surface area is 154 Å². The maximum Gasteiger partial charge on any atom is 0.239 e. The van der Waals surface area contributed by atoms with E-state index in [2.05, 4.69) is 35.5 Å². The lowest BCUT2D eigenvalue weighted by molar-refractivity contribution is -0.141. The Kier molecular flexibility index (Phi) is 6.79. The minimum absolute atomic E-state index is 0.142. The number of nitrogens with zero attached hydrogens (tertiary/aromatic N) is 3. The van der Waals surface area contributed by atoms with E-state index in [0.29, 0.717) is 17.9 Å². The van der Waals surface area contributed by atoms with Gasteiger partial charge >= 0.3 is 0 Å². The molecule has 0 radical (unpaired) electrons. The van der Waals surface area contributed by atoms with Crippen molar-refractivity contribution in [3.8, 4) is 0 Å². The van der Waals surface area contributed by atoms with Crippen LogP contribution >= 0.6 is 0 Å². The van der Waals surface area contributed by atoms with Crippen molar-refractivity contribution in [2.45, 2.75) is 77.8 Å². The van der Waals surface area contributed by atoms with Crippen LogP contribution in [0.5, 0.6) is 0 Å². The summed E-state index contributed by atoms with van der Waals surface area (Å²) in [5.41, 5.74) is 0. The summed E-state index contributed by atoms with van der Waals surface area (Å²) in [6.07, 6.45) is 8.70. The maximum atomic E-state index is 13.2. The van der Waals surface area contributed by atoms with E-state index in [1.165, 1.54) is 58.2 Å². The van der Waals surface area contributed by atoms with Gasteiger partial charge in [-0.25, -0.2) is 0 Å². The predicted molar refractivity (Wildman–Crippen MR) is 104 cm³/mol. The number of hydrogen-bond donors (Lipinski definition) is 0. The summed E-state index contributed by atoms with van der Waals surface area (Å²) in [4.78, 5) is 20.5. The first kappa shape index (κ1) is 19.2. The van der Waals surface area contributed by atoms with Crippen LogP contribution in [0.25, 0.3) is 0 Å². The van der Waals surface area contributed by atoms with Crippen LogP contribution < -0.4 is 0 Å². The van der Waals surface area contributed by atoms with Crippen molar-refractivity contribution in [3.63, 3.8) is 0 Å². The molecule has 0 saturated carbocycles. The van der Waals surface area contributed by atoms with Crippen LogP contribution in [-0.4, -0.2) is 72.0 Å². The van der Waals surface area contributed by atoms with Crippen molar-refractivity contribution in [3.05, 3.63) is 0 Å². The highest BCUT2D eigenvalue weighted by Gasteiger charge is 2.35. The van der Waals surface area contributed by atoms with E-state index in [1.807, 2.05) is 0 Å². The zero-order valence-corrected chi connectivity index (χ0v) is 16.8. The van der Waals surface area contributed by atoms with Crippen molar-refractivity contribution < 1.29 is 4.79 Å². The minimum atomic E-state index is 0.142. The predicted octanol–water partition coefficient (Wildman–Crippen LogP) is 3.22. The van der Waals surface area contributed by atoms with Gasteiger partial charge in [-0.15, -0.1) is 0 Å². The molecular weight excluding hydrogens is 310 g/mol. The highest BCUT2D eigenvalue weighted by Crippen LogP contribution is 2.26. The molecule has 2 atom stereocenters. The van der Waals surface area contributed by atoms with E-state index in [9.17, 15) is 4.79 Å². The van der Waals surface area contributed by atoms with Crippen LogP contribution in [0, 0.1) is 11.8 Å². The molecule has 0 aliphatic carbocycles. The average molecular weight is 350 g/mol. The summed E-state index contributed by atoms with van der Waals surface area (Å²) in [6, 6.07) is 0.619. The lowest BCUT2D eigenvalue weighted by atomic mass is 9.93. The summed E-state index contributed by atoms with van der Waals surface area (Å²) in [7, 11) is 0. The Balaban J connectivity index is 1.54. The van der Waals surface area contributed by atoms with Crippen molar-refractivity contribution in [1.29, 1.82) is 0 Å². The lowest BCUT2D eigenvalue weighted by Crippen LogP contribution is -2.55. The molecule has 4 nitrogen and oxygen atoms in total. The topological polar surface area (TPSA) is 26.8 Å². The molecule has 3 heterocycles. The van der Waals surface area contributed by atoms with Crippen LogP contribution in [0.3, 0.4) is 0 Å². The van der Waals surface area contributed by atoms with Crippen LogP contribution in [0.15, 0.2) is 0 Å². The van der Waals surface area contributed by atoms with Gasteiger partial charge in [-0.3, -0.25) is 9.69 Å². The summed E-state index contributed by atoms with van der Waals surface area (Å²) in [5.74, 6) is 2.00. The molecule has 0 aromatic carbocycles. The van der Waals surface area contributed by atoms with Gasteiger partial charge in [0.15, 0.2) is 0 Å². The maximum absolute atomic E-state index is 13.2. The number of piperidine rings is 3. The van der Waals surface area contributed by atoms with Crippen molar-refractivity contribution in [2.24, 2.45) is 11.8 Å². The average Bonchev–Trinajstić information content (AvgIpc) is 2.63. The summed E-state index contributed by atoms with van der Waals surface area (Å²) >= 11 is 0. The minimum Gasteiger partial charge on any atom is -0.341 e. The number of likely N-dealkylation sites (tertiary alicyclic amines) is 3. The summed E-state index contributed by atoms with van der Waals surface area (Å²) < 4.78 is 0. The van der Waals surface area contributed by atoms with Gasteiger partial charge in [0.05, 0.1) is 6.04 Å². The standard InChI is InChI=1S/C21H39N3O/c1-17(2)24-12-5-4-8-20(24)21(25)23-11-6-7-19(16-23)15-22-13-9-18(3)10-14-22/h17-20H,4-16H2,1-3H3. The molecule has 0 aromatic heterocycles. The molecule has 0 bridgehead atoms. The molecule has 0 N–H and O–H groups in total. The molecule has 25 heavy (non-hydrogen) atoms. The Morgan fingerprint density at radius 3 is 2.44 bits per heavy atom. The molecule has 4 heteroatoms. The third kappa shape index (κ3) is 4.97. The van der Waals surface area contributed by atoms with Crippen LogP contribution in [0.2, 0.25) is 0 Å². The highest BCUT2D eigenvalue weighted by atomic mass is 16.2.